The van der Waals surface area contributed by atoms with Gasteiger partial charge in [-0.3, -0.25) is 0 Å². The van der Waals surface area contributed by atoms with Crippen molar-refractivity contribution in [1.82, 2.24) is 9.71 Å². The number of nitrogens with one attached hydrogen (secondary N) is 1. The van der Waals surface area contributed by atoms with E-state index in [0.29, 0.717) is 16.3 Å². The Labute approximate surface area is 115 Å². The summed E-state index contributed by atoms with van der Waals surface area (Å²) in [5.74, 6) is -0.00242. The van der Waals surface area contributed by atoms with E-state index < -0.39 is 10.0 Å². The molecular formula is C11H13N3O3S2. The van der Waals surface area contributed by atoms with Gasteiger partial charge in [-0.25, -0.2) is 18.1 Å². The molecule has 19 heavy (non-hydrogen) atoms. The fourth-order valence-electron chi connectivity index (χ4n) is 1.46. The minimum atomic E-state index is -3.61. The number of phenolic OH excluding ortho intramolecular Hbond substituents is 1. The van der Waals surface area contributed by atoms with E-state index in [9.17, 15) is 13.5 Å². The van der Waals surface area contributed by atoms with Crippen LogP contribution in [0.3, 0.4) is 0 Å². The van der Waals surface area contributed by atoms with E-state index in [2.05, 4.69) is 9.71 Å². The van der Waals surface area contributed by atoms with E-state index in [1.54, 1.807) is 13.0 Å². The standard InChI is InChI=1S/C11H13N3O3S2/c1-7-13-6-11(18-7)19(16,17)14-5-8-4-9(12)2-3-10(8)15/h2-4,6,14-15H,5,12H2,1H3. The lowest BCUT2D eigenvalue weighted by Gasteiger charge is -2.07. The Morgan fingerprint density at radius 3 is 2.84 bits per heavy atom. The third-order valence-electron chi connectivity index (χ3n) is 2.42. The molecule has 0 radical (unpaired) electrons. The number of benzene rings is 1. The summed E-state index contributed by atoms with van der Waals surface area (Å²) in [7, 11) is -3.61. The zero-order valence-corrected chi connectivity index (χ0v) is 11.8. The lowest BCUT2D eigenvalue weighted by atomic mass is 10.2. The smallest absolute Gasteiger partial charge is 0.251 e. The second kappa shape index (κ2) is 5.16. The molecule has 0 atom stereocenters. The fraction of sp³-hybridized carbons (Fsp3) is 0.182. The van der Waals surface area contributed by atoms with Crippen LogP contribution in [0.5, 0.6) is 5.75 Å². The van der Waals surface area contributed by atoms with Crippen LogP contribution >= 0.6 is 11.3 Å². The van der Waals surface area contributed by atoms with E-state index in [-0.39, 0.29) is 16.5 Å². The Morgan fingerprint density at radius 1 is 1.47 bits per heavy atom. The second-order valence-corrected chi connectivity index (χ2v) is 7.14. The lowest BCUT2D eigenvalue weighted by Crippen LogP contribution is -2.22. The summed E-state index contributed by atoms with van der Waals surface area (Å²) in [6, 6.07) is 4.49. The van der Waals surface area contributed by atoms with Crippen LogP contribution in [-0.2, 0) is 16.6 Å². The molecule has 102 valence electrons. The number of hydrogen-bond donors (Lipinski definition) is 3. The van der Waals surface area contributed by atoms with Crippen molar-refractivity contribution in [2.45, 2.75) is 17.7 Å². The Balaban J connectivity index is 2.16. The van der Waals surface area contributed by atoms with E-state index in [1.165, 1.54) is 18.3 Å². The maximum absolute atomic E-state index is 12.0. The minimum absolute atomic E-state index is 0.00242. The zero-order valence-electron chi connectivity index (χ0n) is 10.1. The Bertz CT molecular complexity index is 695. The van der Waals surface area contributed by atoms with Gasteiger partial charge in [-0.2, -0.15) is 0 Å². The summed E-state index contributed by atoms with van der Waals surface area (Å²) < 4.78 is 26.5. The van der Waals surface area contributed by atoms with Gasteiger partial charge in [-0.05, 0) is 25.1 Å². The molecule has 6 nitrogen and oxygen atoms in total. The number of rotatable bonds is 4. The van der Waals surface area contributed by atoms with E-state index >= 15 is 0 Å². The molecule has 1 aromatic heterocycles. The van der Waals surface area contributed by atoms with Crippen LogP contribution in [0, 0.1) is 6.92 Å². The van der Waals surface area contributed by atoms with Crippen molar-refractivity contribution in [2.24, 2.45) is 0 Å². The van der Waals surface area contributed by atoms with Gasteiger partial charge in [0.15, 0.2) is 4.21 Å². The molecule has 8 heteroatoms. The number of nitrogens with zero attached hydrogens (tertiary/aromatic N) is 1. The molecule has 0 aliphatic rings. The number of nitrogen functional groups attached to an aromatic ring is 1. The second-order valence-electron chi connectivity index (χ2n) is 3.91. The first-order valence-corrected chi connectivity index (χ1v) is 7.68. The summed E-state index contributed by atoms with van der Waals surface area (Å²) in [6.07, 6.45) is 1.31. The molecule has 0 spiro atoms. The van der Waals surface area contributed by atoms with Crippen LogP contribution in [0.15, 0.2) is 28.6 Å². The molecule has 0 fully saturated rings. The Morgan fingerprint density at radius 2 is 2.21 bits per heavy atom. The molecule has 0 aliphatic heterocycles. The highest BCUT2D eigenvalue weighted by molar-refractivity contribution is 7.91. The number of phenols is 1. The SMILES string of the molecule is Cc1ncc(S(=O)(=O)NCc2cc(N)ccc2O)s1. The van der Waals surface area contributed by atoms with E-state index in [1.807, 2.05) is 0 Å². The summed E-state index contributed by atoms with van der Waals surface area (Å²) in [5, 5.41) is 10.3. The predicted molar refractivity (Wildman–Crippen MR) is 73.4 cm³/mol. The number of thiazole rings is 1. The van der Waals surface area contributed by atoms with E-state index in [4.69, 9.17) is 5.73 Å². The molecule has 0 unspecified atom stereocenters. The topological polar surface area (TPSA) is 105 Å². The zero-order chi connectivity index (χ0) is 14.0. The summed E-state index contributed by atoms with van der Waals surface area (Å²) in [5.41, 5.74) is 6.47. The number of aryl methyl sites for hydroxylation is 1. The molecule has 0 saturated carbocycles. The molecule has 0 saturated heterocycles. The Kier molecular flexibility index (Phi) is 3.74. The molecule has 1 aromatic carbocycles. The van der Waals surface area contributed by atoms with Gasteiger partial charge >= 0.3 is 0 Å². The maximum atomic E-state index is 12.0. The van der Waals surface area contributed by atoms with Crippen LogP contribution in [0.2, 0.25) is 0 Å². The maximum Gasteiger partial charge on any atom is 0.251 e. The predicted octanol–water partition coefficient (Wildman–Crippen LogP) is 1.22. The van der Waals surface area contributed by atoms with Gasteiger partial charge in [0.05, 0.1) is 11.2 Å². The molecule has 0 amide bonds. The van der Waals surface area contributed by atoms with Gasteiger partial charge in [0.1, 0.15) is 5.75 Å². The average molecular weight is 299 g/mol. The first kappa shape index (κ1) is 13.8. The quantitative estimate of drug-likeness (QED) is 0.581. The average Bonchev–Trinajstić information content (AvgIpc) is 2.78. The molecule has 4 N–H and O–H groups in total. The third kappa shape index (κ3) is 3.22. The highest BCUT2D eigenvalue weighted by atomic mass is 32.2. The highest BCUT2D eigenvalue weighted by Gasteiger charge is 2.17. The highest BCUT2D eigenvalue weighted by Crippen LogP contribution is 2.21. The monoisotopic (exact) mass is 299 g/mol. The normalized spacial score (nSPS) is 11.6. The summed E-state index contributed by atoms with van der Waals surface area (Å²) >= 11 is 1.09. The minimum Gasteiger partial charge on any atom is -0.508 e. The number of nitrogens with two attached hydrogens (primary N) is 1. The number of hydrogen-bond acceptors (Lipinski definition) is 6. The van der Waals surface area contributed by atoms with Crippen LogP contribution in [0.1, 0.15) is 10.6 Å². The Hall–Kier alpha value is -1.64. The molecule has 1 heterocycles. The first-order chi connectivity index (χ1) is 8.88. The van der Waals surface area contributed by atoms with E-state index in [0.717, 1.165) is 11.3 Å². The molecule has 0 aliphatic carbocycles. The van der Waals surface area contributed by atoms with Crippen molar-refractivity contribution in [2.75, 3.05) is 5.73 Å². The lowest BCUT2D eigenvalue weighted by molar-refractivity contribution is 0.467. The van der Waals surface area contributed by atoms with Gasteiger partial charge < -0.3 is 10.8 Å². The van der Waals surface area contributed by atoms with Gasteiger partial charge in [-0.15, -0.1) is 11.3 Å². The van der Waals surface area contributed by atoms with Crippen molar-refractivity contribution in [3.05, 3.63) is 35.0 Å². The van der Waals surface area contributed by atoms with Crippen molar-refractivity contribution in [3.8, 4) is 5.75 Å². The van der Waals surface area contributed by atoms with Crippen LogP contribution in [-0.4, -0.2) is 18.5 Å². The van der Waals surface area contributed by atoms with Crippen LogP contribution in [0.25, 0.3) is 0 Å². The molecule has 2 rings (SSSR count). The molecule has 2 aromatic rings. The third-order valence-corrected chi connectivity index (χ3v) is 5.20. The molecule has 0 bridgehead atoms. The summed E-state index contributed by atoms with van der Waals surface area (Å²) in [6.45, 7) is 1.70. The van der Waals surface area contributed by atoms with Crippen molar-refractivity contribution < 1.29 is 13.5 Å². The summed E-state index contributed by atoms with van der Waals surface area (Å²) in [4.78, 5) is 3.90. The number of anilines is 1. The van der Waals surface area contributed by atoms with Gasteiger partial charge in [0.25, 0.3) is 10.0 Å². The number of sulfonamides is 1. The van der Waals surface area contributed by atoms with Crippen LogP contribution < -0.4 is 10.5 Å². The molecular weight excluding hydrogens is 286 g/mol. The van der Waals surface area contributed by atoms with Crippen molar-refractivity contribution in [3.63, 3.8) is 0 Å². The fourth-order valence-corrected chi connectivity index (χ4v) is 3.62. The number of aromatic hydroxyl groups is 1. The van der Waals surface area contributed by atoms with Gasteiger partial charge in [-0.1, -0.05) is 0 Å². The largest absolute Gasteiger partial charge is 0.508 e. The first-order valence-electron chi connectivity index (χ1n) is 5.38. The van der Waals surface area contributed by atoms with Gasteiger partial charge in [0, 0.05) is 17.8 Å². The number of aromatic nitrogens is 1. The van der Waals surface area contributed by atoms with Gasteiger partial charge in [0.2, 0.25) is 0 Å². The van der Waals surface area contributed by atoms with Crippen molar-refractivity contribution >= 4 is 27.0 Å². The van der Waals surface area contributed by atoms with Crippen molar-refractivity contribution in [1.29, 1.82) is 0 Å². The van der Waals surface area contributed by atoms with Crippen LogP contribution in [0.4, 0.5) is 5.69 Å².